The summed E-state index contributed by atoms with van der Waals surface area (Å²) in [6, 6.07) is 0.143. The Balaban J connectivity index is 0. The van der Waals surface area contributed by atoms with E-state index in [0.29, 0.717) is 0 Å². The highest BCUT2D eigenvalue weighted by Gasteiger charge is 2.00. The fraction of sp³-hybridized carbons (Fsp3) is 0.500. The Morgan fingerprint density at radius 1 is 1.50 bits per heavy atom. The average molecular weight is 213 g/mol. The Labute approximate surface area is 93.2 Å². The van der Waals surface area contributed by atoms with Crippen LogP contribution in [0, 0.1) is 0 Å². The summed E-state index contributed by atoms with van der Waals surface area (Å²) >= 11 is 1.75. The van der Waals surface area contributed by atoms with Crippen molar-refractivity contribution in [1.29, 1.82) is 0 Å². The van der Waals surface area contributed by atoms with Gasteiger partial charge in [-0.1, -0.05) is 37.8 Å². The Hall–Kier alpha value is -0.470. The molecule has 0 aliphatic carbocycles. The van der Waals surface area contributed by atoms with Crippen LogP contribution in [0.25, 0.3) is 0 Å². The molecule has 14 heavy (non-hydrogen) atoms. The molecule has 0 aromatic heterocycles. The highest BCUT2D eigenvalue weighted by atomic mass is 32.2. The van der Waals surface area contributed by atoms with Gasteiger partial charge in [0, 0.05) is 6.04 Å². The fourth-order valence-corrected chi connectivity index (χ4v) is 0.867. The zero-order valence-corrected chi connectivity index (χ0v) is 10.6. The third-order valence-electron chi connectivity index (χ3n) is 1.54. The van der Waals surface area contributed by atoms with Gasteiger partial charge in [0.25, 0.3) is 0 Å². The SMILES string of the molecule is C=C/C=C(\C=C/C)C(N)CC.CSC. The van der Waals surface area contributed by atoms with E-state index in [4.69, 9.17) is 5.73 Å². The minimum atomic E-state index is 0.143. The summed E-state index contributed by atoms with van der Waals surface area (Å²) in [6.07, 6.45) is 12.8. The quantitative estimate of drug-likeness (QED) is 0.724. The number of hydrogen-bond acceptors (Lipinski definition) is 2. The highest BCUT2D eigenvalue weighted by molar-refractivity contribution is 7.97. The highest BCUT2D eigenvalue weighted by Crippen LogP contribution is 2.05. The molecule has 0 aromatic carbocycles. The van der Waals surface area contributed by atoms with Crippen LogP contribution in [0.4, 0.5) is 0 Å². The molecule has 0 amide bonds. The molecule has 0 radical (unpaired) electrons. The molecule has 0 saturated carbocycles. The number of nitrogens with two attached hydrogens (primary N) is 1. The molecule has 1 unspecified atom stereocenters. The molecular weight excluding hydrogens is 190 g/mol. The smallest absolute Gasteiger partial charge is 0.0292 e. The Morgan fingerprint density at radius 3 is 2.29 bits per heavy atom. The van der Waals surface area contributed by atoms with Gasteiger partial charge in [0.15, 0.2) is 0 Å². The van der Waals surface area contributed by atoms with E-state index in [1.807, 2.05) is 37.7 Å². The molecular formula is C12H23NS. The van der Waals surface area contributed by atoms with Gasteiger partial charge in [-0.25, -0.2) is 0 Å². The van der Waals surface area contributed by atoms with Crippen LogP contribution in [-0.2, 0) is 0 Å². The first kappa shape index (κ1) is 16.0. The fourth-order valence-electron chi connectivity index (χ4n) is 0.867. The zero-order valence-electron chi connectivity index (χ0n) is 9.79. The summed E-state index contributed by atoms with van der Waals surface area (Å²) < 4.78 is 0. The molecule has 0 spiro atoms. The second-order valence-electron chi connectivity index (χ2n) is 2.83. The van der Waals surface area contributed by atoms with E-state index < -0.39 is 0 Å². The molecule has 82 valence electrons. The summed E-state index contributed by atoms with van der Waals surface area (Å²) in [4.78, 5) is 0. The first-order valence-electron chi connectivity index (χ1n) is 4.78. The molecule has 1 atom stereocenters. The van der Waals surface area contributed by atoms with Crippen LogP contribution < -0.4 is 5.73 Å². The predicted molar refractivity (Wildman–Crippen MR) is 70.8 cm³/mol. The van der Waals surface area contributed by atoms with Crippen molar-refractivity contribution in [3.05, 3.63) is 36.5 Å². The monoisotopic (exact) mass is 213 g/mol. The normalized spacial score (nSPS) is 13.4. The van der Waals surface area contributed by atoms with Crippen LogP contribution in [0.3, 0.4) is 0 Å². The number of allylic oxidation sites excluding steroid dienone is 3. The molecule has 1 nitrogen and oxygen atoms in total. The van der Waals surface area contributed by atoms with E-state index in [0.717, 1.165) is 12.0 Å². The molecule has 0 aliphatic heterocycles. The van der Waals surface area contributed by atoms with E-state index in [1.54, 1.807) is 17.8 Å². The molecule has 0 heterocycles. The van der Waals surface area contributed by atoms with Gasteiger partial charge in [-0.2, -0.15) is 11.8 Å². The maximum absolute atomic E-state index is 5.82. The third kappa shape index (κ3) is 9.62. The molecule has 0 aliphatic rings. The third-order valence-corrected chi connectivity index (χ3v) is 1.54. The standard InChI is InChI=1S/C10H17N.C2H6S/c1-4-7-9(8-5-2)10(11)6-3;1-3-2/h4-5,7-8,10H,1,6,11H2,2-3H3;1-2H3/b8-5-,9-7+;. The van der Waals surface area contributed by atoms with Crippen molar-refractivity contribution in [1.82, 2.24) is 0 Å². The summed E-state index contributed by atoms with van der Waals surface area (Å²) in [7, 11) is 0. The lowest BCUT2D eigenvalue weighted by Gasteiger charge is -2.08. The summed E-state index contributed by atoms with van der Waals surface area (Å²) in [5.41, 5.74) is 6.97. The molecule has 0 saturated heterocycles. The van der Waals surface area contributed by atoms with E-state index in [2.05, 4.69) is 13.5 Å². The van der Waals surface area contributed by atoms with Crippen molar-refractivity contribution in [3.63, 3.8) is 0 Å². The van der Waals surface area contributed by atoms with Gasteiger partial charge in [0.2, 0.25) is 0 Å². The van der Waals surface area contributed by atoms with Crippen molar-refractivity contribution in [2.24, 2.45) is 5.73 Å². The van der Waals surface area contributed by atoms with Crippen molar-refractivity contribution in [2.45, 2.75) is 26.3 Å². The van der Waals surface area contributed by atoms with E-state index in [9.17, 15) is 0 Å². The van der Waals surface area contributed by atoms with Crippen LogP contribution in [-0.4, -0.2) is 18.6 Å². The average Bonchev–Trinajstić information content (AvgIpc) is 2.17. The Bertz CT molecular complexity index is 183. The second kappa shape index (κ2) is 12.5. The minimum Gasteiger partial charge on any atom is -0.324 e. The lowest BCUT2D eigenvalue weighted by atomic mass is 10.1. The maximum Gasteiger partial charge on any atom is 0.0292 e. The van der Waals surface area contributed by atoms with Crippen LogP contribution in [0.1, 0.15) is 20.3 Å². The van der Waals surface area contributed by atoms with E-state index in [1.165, 1.54) is 0 Å². The van der Waals surface area contributed by atoms with E-state index >= 15 is 0 Å². The lowest BCUT2D eigenvalue weighted by Crippen LogP contribution is -2.20. The van der Waals surface area contributed by atoms with Gasteiger partial charge in [0.05, 0.1) is 0 Å². The van der Waals surface area contributed by atoms with Gasteiger partial charge in [-0.15, -0.1) is 0 Å². The van der Waals surface area contributed by atoms with Gasteiger partial charge < -0.3 is 5.73 Å². The first-order valence-corrected chi connectivity index (χ1v) is 6.42. The Morgan fingerprint density at radius 2 is 2.00 bits per heavy atom. The van der Waals surface area contributed by atoms with Gasteiger partial charge in [-0.3, -0.25) is 0 Å². The van der Waals surface area contributed by atoms with Crippen LogP contribution in [0.15, 0.2) is 36.5 Å². The summed E-state index contributed by atoms with van der Waals surface area (Å²) in [5.74, 6) is 0. The van der Waals surface area contributed by atoms with Crippen molar-refractivity contribution >= 4 is 11.8 Å². The summed E-state index contributed by atoms with van der Waals surface area (Å²) in [5, 5.41) is 0. The molecule has 0 fully saturated rings. The molecule has 0 rings (SSSR count). The number of hydrogen-bond donors (Lipinski definition) is 1. The van der Waals surface area contributed by atoms with Crippen molar-refractivity contribution in [3.8, 4) is 0 Å². The molecule has 2 heteroatoms. The Kier molecular flexibility index (Phi) is 14.3. The number of rotatable bonds is 4. The van der Waals surface area contributed by atoms with E-state index in [-0.39, 0.29) is 6.04 Å². The molecule has 0 bridgehead atoms. The topological polar surface area (TPSA) is 26.0 Å². The van der Waals surface area contributed by atoms with Gasteiger partial charge in [-0.05, 0) is 31.4 Å². The van der Waals surface area contributed by atoms with Crippen LogP contribution in [0.5, 0.6) is 0 Å². The van der Waals surface area contributed by atoms with Crippen LogP contribution in [0.2, 0.25) is 0 Å². The van der Waals surface area contributed by atoms with Crippen molar-refractivity contribution in [2.75, 3.05) is 12.5 Å². The van der Waals surface area contributed by atoms with Gasteiger partial charge in [0.1, 0.15) is 0 Å². The molecule has 2 N–H and O–H groups in total. The maximum atomic E-state index is 5.82. The predicted octanol–water partition coefficient (Wildman–Crippen LogP) is 3.39. The van der Waals surface area contributed by atoms with Crippen molar-refractivity contribution < 1.29 is 0 Å². The second-order valence-corrected chi connectivity index (χ2v) is 3.64. The summed E-state index contributed by atoms with van der Waals surface area (Å²) in [6.45, 7) is 7.69. The zero-order chi connectivity index (χ0) is 11.4. The van der Waals surface area contributed by atoms with Crippen LogP contribution >= 0.6 is 11.8 Å². The van der Waals surface area contributed by atoms with Gasteiger partial charge >= 0.3 is 0 Å². The largest absolute Gasteiger partial charge is 0.324 e. The minimum absolute atomic E-state index is 0.143. The lowest BCUT2D eigenvalue weighted by molar-refractivity contribution is 0.755. The number of thioether (sulfide) groups is 1. The first-order chi connectivity index (χ1) is 6.67. The molecule has 0 aromatic rings.